The Balaban J connectivity index is 1.61. The Labute approximate surface area is 221 Å². The van der Waals surface area contributed by atoms with Gasteiger partial charge in [0.05, 0.1) is 16.8 Å². The van der Waals surface area contributed by atoms with Gasteiger partial charge in [0.25, 0.3) is 17.4 Å². The van der Waals surface area contributed by atoms with Crippen LogP contribution in [0.2, 0.25) is 0 Å². The number of aromatic nitrogens is 2. The van der Waals surface area contributed by atoms with Crippen molar-refractivity contribution in [1.29, 1.82) is 0 Å². The monoisotopic (exact) mass is 521 g/mol. The highest BCUT2D eigenvalue weighted by Gasteiger charge is 2.38. The van der Waals surface area contributed by atoms with Gasteiger partial charge in [0.2, 0.25) is 11.6 Å². The number of rotatable bonds is 6. The molecule has 2 aliphatic carbocycles. The van der Waals surface area contributed by atoms with Crippen molar-refractivity contribution in [3.05, 3.63) is 50.2 Å². The van der Waals surface area contributed by atoms with Gasteiger partial charge in [-0.3, -0.25) is 28.4 Å². The zero-order valence-corrected chi connectivity index (χ0v) is 22.1. The van der Waals surface area contributed by atoms with Crippen LogP contribution >= 0.6 is 0 Å². The van der Waals surface area contributed by atoms with Crippen molar-refractivity contribution in [2.75, 3.05) is 6.54 Å². The predicted molar refractivity (Wildman–Crippen MR) is 142 cm³/mol. The van der Waals surface area contributed by atoms with E-state index in [0.717, 1.165) is 64.2 Å². The van der Waals surface area contributed by atoms with E-state index in [2.05, 4.69) is 10.2 Å². The van der Waals surface area contributed by atoms with Crippen LogP contribution in [0.15, 0.2) is 38.0 Å². The first-order valence-corrected chi connectivity index (χ1v) is 13.8. The summed E-state index contributed by atoms with van der Waals surface area (Å²) in [5, 5.41) is 19.6. The van der Waals surface area contributed by atoms with Crippen molar-refractivity contribution in [1.82, 2.24) is 14.0 Å². The number of amides is 2. The number of hydrogen-bond acceptors (Lipinski definition) is 7. The van der Waals surface area contributed by atoms with Gasteiger partial charge in [-0.25, -0.2) is 4.79 Å². The number of benzene rings is 1. The molecule has 0 radical (unpaired) electrons. The third-order valence-corrected chi connectivity index (χ3v) is 7.94. The molecule has 1 aliphatic heterocycles. The molecular weight excluding hydrogens is 486 g/mol. The van der Waals surface area contributed by atoms with Gasteiger partial charge in [0, 0.05) is 18.6 Å². The minimum absolute atomic E-state index is 0.0957. The Morgan fingerprint density at radius 1 is 0.842 bits per heavy atom. The lowest BCUT2D eigenvalue weighted by molar-refractivity contribution is 0.0636. The molecule has 5 rings (SSSR count). The predicted octanol–water partition coefficient (Wildman–Crippen LogP) is 5.39. The molecule has 202 valence electrons. The average molecular weight is 522 g/mol. The van der Waals surface area contributed by atoms with Gasteiger partial charge in [-0.15, -0.1) is 10.2 Å². The topological polar surface area (TPSA) is 126 Å². The van der Waals surface area contributed by atoms with E-state index in [-0.39, 0.29) is 53.0 Å². The summed E-state index contributed by atoms with van der Waals surface area (Å²) in [4.78, 5) is 54.4. The summed E-state index contributed by atoms with van der Waals surface area (Å²) in [6.45, 7) is 4.12. The molecule has 1 aromatic heterocycles. The lowest BCUT2D eigenvalue weighted by atomic mass is 9.94. The number of imide groups is 1. The number of hydrogen-bond donors (Lipinski definition) is 1. The van der Waals surface area contributed by atoms with Crippen LogP contribution in [0.4, 0.5) is 11.4 Å². The van der Waals surface area contributed by atoms with E-state index < -0.39 is 23.0 Å². The largest absolute Gasteiger partial charge is 0.493 e. The van der Waals surface area contributed by atoms with E-state index in [1.807, 2.05) is 13.8 Å². The minimum atomic E-state index is -0.674. The van der Waals surface area contributed by atoms with E-state index >= 15 is 0 Å². The Hall–Kier alpha value is -3.56. The van der Waals surface area contributed by atoms with Crippen molar-refractivity contribution >= 4 is 23.2 Å². The molecular formula is C28H35N5O5. The number of carbonyl (C=O) groups excluding carboxylic acids is 2. The molecule has 2 heterocycles. The van der Waals surface area contributed by atoms with Crippen LogP contribution < -0.4 is 11.2 Å². The van der Waals surface area contributed by atoms with Gasteiger partial charge in [-0.2, -0.15) is 0 Å². The van der Waals surface area contributed by atoms with E-state index in [1.54, 1.807) is 18.2 Å². The van der Waals surface area contributed by atoms with Crippen LogP contribution in [0.25, 0.3) is 0 Å². The lowest BCUT2D eigenvalue weighted by Gasteiger charge is -2.28. The van der Waals surface area contributed by atoms with Crippen LogP contribution in [0.3, 0.4) is 0 Å². The number of azo groups is 1. The summed E-state index contributed by atoms with van der Waals surface area (Å²) < 4.78 is 2.59. The smallest absolute Gasteiger partial charge is 0.334 e. The standard InChI is InChI=1S/C28H35N5O5/c1-17(2)16-31-24(34)20-14-9-15-21(22(20)25(31)35)29-30-23-26(36)32(18-10-5-3-6-11-18)28(38)33(27(23)37)19-12-7-4-8-13-19/h9,14-15,17-19,36H,3-8,10-13,16H2,1-2H3. The van der Waals surface area contributed by atoms with E-state index in [4.69, 9.17) is 0 Å². The second-order valence-corrected chi connectivity index (χ2v) is 11.1. The number of carbonyl (C=O) groups is 2. The molecule has 3 aliphatic rings. The zero-order chi connectivity index (χ0) is 27.0. The van der Waals surface area contributed by atoms with Crippen molar-refractivity contribution in [2.45, 2.75) is 90.1 Å². The highest BCUT2D eigenvalue weighted by Crippen LogP contribution is 2.36. The molecule has 10 nitrogen and oxygen atoms in total. The molecule has 1 N–H and O–H groups in total. The summed E-state index contributed by atoms with van der Waals surface area (Å²) in [5.74, 6) is -1.23. The van der Waals surface area contributed by atoms with E-state index in [0.29, 0.717) is 0 Å². The molecule has 0 atom stereocenters. The van der Waals surface area contributed by atoms with Crippen LogP contribution in [0, 0.1) is 5.92 Å². The highest BCUT2D eigenvalue weighted by molar-refractivity contribution is 6.23. The Bertz CT molecular complexity index is 1390. The molecule has 10 heteroatoms. The second-order valence-electron chi connectivity index (χ2n) is 11.1. The maximum atomic E-state index is 13.6. The minimum Gasteiger partial charge on any atom is -0.493 e. The van der Waals surface area contributed by atoms with Gasteiger partial charge < -0.3 is 5.11 Å². The molecule has 2 fully saturated rings. The highest BCUT2D eigenvalue weighted by atomic mass is 16.3. The first kappa shape index (κ1) is 26.1. The quantitative estimate of drug-likeness (QED) is 0.403. The number of nitrogens with zero attached hydrogens (tertiary/aromatic N) is 5. The van der Waals surface area contributed by atoms with Crippen LogP contribution in [0.1, 0.15) is 111 Å². The summed E-state index contributed by atoms with van der Waals surface area (Å²) in [6, 6.07) is 4.27. The normalized spacial score (nSPS) is 19.2. The molecule has 0 spiro atoms. The van der Waals surface area contributed by atoms with Crippen LogP contribution in [-0.2, 0) is 0 Å². The fourth-order valence-electron chi connectivity index (χ4n) is 6.07. The fourth-order valence-corrected chi connectivity index (χ4v) is 6.07. The van der Waals surface area contributed by atoms with Crippen molar-refractivity contribution < 1.29 is 14.7 Å². The summed E-state index contributed by atoms with van der Waals surface area (Å²) in [5.41, 5.74) is -0.958. The third-order valence-electron chi connectivity index (χ3n) is 7.94. The van der Waals surface area contributed by atoms with E-state index in [1.165, 1.54) is 14.0 Å². The second kappa shape index (κ2) is 10.7. The summed E-state index contributed by atoms with van der Waals surface area (Å²) >= 11 is 0. The molecule has 0 bridgehead atoms. The summed E-state index contributed by atoms with van der Waals surface area (Å²) in [7, 11) is 0. The van der Waals surface area contributed by atoms with Crippen LogP contribution in [0.5, 0.6) is 5.88 Å². The van der Waals surface area contributed by atoms with Crippen LogP contribution in [-0.4, -0.2) is 37.5 Å². The maximum Gasteiger partial charge on any atom is 0.334 e. The Morgan fingerprint density at radius 3 is 2.05 bits per heavy atom. The maximum absolute atomic E-state index is 13.6. The van der Waals surface area contributed by atoms with Crippen molar-refractivity contribution in [2.24, 2.45) is 16.1 Å². The SMILES string of the molecule is CC(C)CN1C(=O)c2cccc(N=Nc3c(O)n(C4CCCCC4)c(=O)n(C4CCCCC4)c3=O)c2C1=O. The molecule has 0 saturated heterocycles. The fraction of sp³-hybridized carbons (Fsp3) is 0.571. The summed E-state index contributed by atoms with van der Waals surface area (Å²) in [6.07, 6.45) is 8.78. The molecule has 1 aromatic carbocycles. The lowest BCUT2D eigenvalue weighted by Crippen LogP contribution is -2.43. The van der Waals surface area contributed by atoms with Crippen molar-refractivity contribution in [3.8, 4) is 5.88 Å². The first-order valence-electron chi connectivity index (χ1n) is 13.8. The van der Waals surface area contributed by atoms with Gasteiger partial charge in [-0.05, 0) is 43.7 Å². The number of fused-ring (bicyclic) bond motifs is 1. The van der Waals surface area contributed by atoms with Gasteiger partial charge >= 0.3 is 5.69 Å². The molecule has 38 heavy (non-hydrogen) atoms. The Kier molecular flexibility index (Phi) is 7.32. The molecule has 2 amide bonds. The first-order chi connectivity index (χ1) is 18.3. The zero-order valence-electron chi connectivity index (χ0n) is 22.1. The van der Waals surface area contributed by atoms with Gasteiger partial charge in [-0.1, -0.05) is 58.4 Å². The average Bonchev–Trinajstić information content (AvgIpc) is 3.15. The number of aromatic hydroxyl groups is 1. The van der Waals surface area contributed by atoms with Gasteiger partial charge in [0.15, 0.2) is 0 Å². The third kappa shape index (κ3) is 4.61. The van der Waals surface area contributed by atoms with Crippen molar-refractivity contribution in [3.63, 3.8) is 0 Å². The van der Waals surface area contributed by atoms with Gasteiger partial charge in [0.1, 0.15) is 0 Å². The molecule has 2 aromatic rings. The Morgan fingerprint density at radius 2 is 1.45 bits per heavy atom. The molecule has 2 saturated carbocycles. The van der Waals surface area contributed by atoms with E-state index in [9.17, 15) is 24.3 Å². The molecule has 0 unspecified atom stereocenters.